The minimum Gasteiger partial charge on any atom is -0.462 e. The molecular formula is C24H25FN4O4. The second-order valence-corrected chi connectivity index (χ2v) is 7.86. The Morgan fingerprint density at radius 3 is 2.67 bits per heavy atom. The topological polar surface area (TPSA) is 97.6 Å². The summed E-state index contributed by atoms with van der Waals surface area (Å²) < 4.78 is 23.4. The van der Waals surface area contributed by atoms with E-state index < -0.39 is 5.97 Å². The molecule has 1 fully saturated rings. The zero-order valence-corrected chi connectivity index (χ0v) is 18.3. The first kappa shape index (κ1) is 22.6. The van der Waals surface area contributed by atoms with Crippen LogP contribution in [0.15, 0.2) is 53.1 Å². The fourth-order valence-corrected chi connectivity index (χ4v) is 3.76. The first-order valence-electron chi connectivity index (χ1n) is 10.9. The average Bonchev–Trinajstić information content (AvgIpc) is 3.29. The van der Waals surface area contributed by atoms with Crippen LogP contribution in [-0.2, 0) is 16.1 Å². The number of carbonyl (C=O) groups excluding carboxylic acids is 2. The fraction of sp³-hybridized carbons (Fsp3) is 0.333. The van der Waals surface area contributed by atoms with Gasteiger partial charge in [-0.25, -0.2) is 9.18 Å². The van der Waals surface area contributed by atoms with Crippen LogP contribution in [-0.4, -0.2) is 46.6 Å². The lowest BCUT2D eigenvalue weighted by molar-refractivity contribution is -0.121. The minimum absolute atomic E-state index is 0.0629. The van der Waals surface area contributed by atoms with Gasteiger partial charge in [-0.1, -0.05) is 11.2 Å². The number of benzene rings is 2. The van der Waals surface area contributed by atoms with E-state index in [1.54, 1.807) is 43.3 Å². The third kappa shape index (κ3) is 5.81. The lowest BCUT2D eigenvalue weighted by atomic mass is 9.95. The van der Waals surface area contributed by atoms with Crippen molar-refractivity contribution in [1.29, 1.82) is 0 Å². The van der Waals surface area contributed by atoms with E-state index in [0.717, 1.165) is 13.1 Å². The summed E-state index contributed by atoms with van der Waals surface area (Å²) in [5.41, 5.74) is 1.67. The summed E-state index contributed by atoms with van der Waals surface area (Å²) in [4.78, 5) is 31.2. The van der Waals surface area contributed by atoms with Crippen LogP contribution in [0.5, 0.6) is 0 Å². The van der Waals surface area contributed by atoms with Gasteiger partial charge in [0.1, 0.15) is 5.82 Å². The highest BCUT2D eigenvalue weighted by Crippen LogP contribution is 2.22. The molecule has 8 nitrogen and oxygen atoms in total. The van der Waals surface area contributed by atoms with Gasteiger partial charge in [-0.2, -0.15) is 4.98 Å². The summed E-state index contributed by atoms with van der Waals surface area (Å²) in [6, 6.07) is 12.7. The number of rotatable bonds is 7. The number of aromatic nitrogens is 2. The number of hydrogen-bond donors (Lipinski definition) is 1. The number of carbonyl (C=O) groups is 2. The number of nitrogens with one attached hydrogen (secondary N) is 1. The maximum Gasteiger partial charge on any atom is 0.338 e. The quantitative estimate of drug-likeness (QED) is 0.543. The van der Waals surface area contributed by atoms with Gasteiger partial charge in [-0.05, 0) is 75.3 Å². The zero-order valence-electron chi connectivity index (χ0n) is 18.3. The molecule has 172 valence electrons. The Morgan fingerprint density at radius 2 is 1.94 bits per heavy atom. The molecule has 0 bridgehead atoms. The van der Waals surface area contributed by atoms with E-state index in [1.165, 1.54) is 12.1 Å². The second kappa shape index (κ2) is 10.4. The van der Waals surface area contributed by atoms with Crippen LogP contribution in [0.2, 0.25) is 0 Å². The first-order chi connectivity index (χ1) is 16.0. The molecule has 0 unspecified atom stereocenters. The van der Waals surface area contributed by atoms with Crippen molar-refractivity contribution in [2.75, 3.05) is 25.0 Å². The Balaban J connectivity index is 1.28. The van der Waals surface area contributed by atoms with Crippen LogP contribution in [0.4, 0.5) is 10.1 Å². The number of amides is 1. The van der Waals surface area contributed by atoms with Crippen molar-refractivity contribution in [2.45, 2.75) is 26.3 Å². The van der Waals surface area contributed by atoms with E-state index in [4.69, 9.17) is 9.26 Å². The van der Waals surface area contributed by atoms with E-state index in [-0.39, 0.29) is 17.6 Å². The van der Waals surface area contributed by atoms with Crippen molar-refractivity contribution in [3.8, 4) is 11.4 Å². The molecule has 0 saturated carbocycles. The van der Waals surface area contributed by atoms with Crippen molar-refractivity contribution < 1.29 is 23.2 Å². The zero-order chi connectivity index (χ0) is 23.2. The van der Waals surface area contributed by atoms with Gasteiger partial charge in [0.25, 0.3) is 0 Å². The van der Waals surface area contributed by atoms with Crippen molar-refractivity contribution in [3.05, 3.63) is 65.8 Å². The lowest BCUT2D eigenvalue weighted by Crippen LogP contribution is -2.37. The van der Waals surface area contributed by atoms with Crippen LogP contribution in [0.3, 0.4) is 0 Å². The van der Waals surface area contributed by atoms with Crippen LogP contribution in [0.1, 0.15) is 36.0 Å². The number of hydrogen-bond acceptors (Lipinski definition) is 7. The number of likely N-dealkylation sites (tertiary alicyclic amines) is 1. The molecule has 2 heterocycles. The molecule has 9 heteroatoms. The van der Waals surface area contributed by atoms with Gasteiger partial charge in [-0.15, -0.1) is 0 Å². The Kier molecular flexibility index (Phi) is 7.09. The highest BCUT2D eigenvalue weighted by atomic mass is 19.1. The molecule has 1 aliphatic heterocycles. The third-order valence-electron chi connectivity index (χ3n) is 5.53. The SMILES string of the molecule is CCOC(=O)c1cccc(NC(=O)C2CCN(Cc3nc(-c4ccc(F)cc4)no3)CC2)c1. The van der Waals surface area contributed by atoms with E-state index in [1.807, 2.05) is 0 Å². The Hall–Kier alpha value is -3.59. The fourth-order valence-electron chi connectivity index (χ4n) is 3.76. The van der Waals surface area contributed by atoms with Crippen molar-refractivity contribution in [1.82, 2.24) is 15.0 Å². The standard InChI is InChI=1S/C24H25FN4O4/c1-2-32-24(31)18-4-3-5-20(14-18)26-23(30)17-10-12-29(13-11-17)15-21-27-22(28-33-21)16-6-8-19(25)9-7-16/h3-9,14,17H,2,10-13,15H2,1H3,(H,26,30). The summed E-state index contributed by atoms with van der Waals surface area (Å²) >= 11 is 0. The molecule has 1 saturated heterocycles. The minimum atomic E-state index is -0.412. The molecule has 1 N–H and O–H groups in total. The van der Waals surface area contributed by atoms with Crippen LogP contribution in [0, 0.1) is 11.7 Å². The largest absolute Gasteiger partial charge is 0.462 e. The average molecular weight is 452 g/mol. The summed E-state index contributed by atoms with van der Waals surface area (Å²) in [7, 11) is 0. The molecule has 0 atom stereocenters. The highest BCUT2D eigenvalue weighted by Gasteiger charge is 2.26. The van der Waals surface area contributed by atoms with Gasteiger partial charge in [0.05, 0.1) is 18.7 Å². The predicted octanol–water partition coefficient (Wildman–Crippen LogP) is 3.90. The summed E-state index contributed by atoms with van der Waals surface area (Å²) in [5, 5.41) is 6.88. The van der Waals surface area contributed by atoms with E-state index in [9.17, 15) is 14.0 Å². The molecule has 0 aliphatic carbocycles. The highest BCUT2D eigenvalue weighted by molar-refractivity contribution is 5.95. The van der Waals surface area contributed by atoms with Crippen LogP contribution in [0.25, 0.3) is 11.4 Å². The number of piperidine rings is 1. The molecule has 0 radical (unpaired) electrons. The number of anilines is 1. The number of esters is 1. The van der Waals surface area contributed by atoms with Crippen molar-refractivity contribution >= 4 is 17.6 Å². The monoisotopic (exact) mass is 452 g/mol. The summed E-state index contributed by atoms with van der Waals surface area (Å²) in [6.45, 7) is 3.97. The first-order valence-corrected chi connectivity index (χ1v) is 10.9. The molecule has 0 spiro atoms. The van der Waals surface area contributed by atoms with Crippen LogP contribution >= 0.6 is 0 Å². The van der Waals surface area contributed by atoms with Gasteiger partial charge in [0, 0.05) is 17.2 Å². The molecular weight excluding hydrogens is 427 g/mol. The molecule has 1 amide bonds. The number of nitrogens with zero attached hydrogens (tertiary/aromatic N) is 3. The maximum absolute atomic E-state index is 13.1. The molecule has 33 heavy (non-hydrogen) atoms. The van der Waals surface area contributed by atoms with Gasteiger partial charge in [-0.3, -0.25) is 9.69 Å². The normalized spacial score (nSPS) is 14.7. The lowest BCUT2D eigenvalue weighted by Gasteiger charge is -2.30. The number of halogens is 1. The molecule has 2 aromatic carbocycles. The second-order valence-electron chi connectivity index (χ2n) is 7.86. The summed E-state index contributed by atoms with van der Waals surface area (Å²) in [5.74, 6) is -0.0130. The third-order valence-corrected chi connectivity index (χ3v) is 5.53. The Morgan fingerprint density at radius 1 is 1.18 bits per heavy atom. The van der Waals surface area contributed by atoms with E-state index in [0.29, 0.717) is 54.5 Å². The van der Waals surface area contributed by atoms with Gasteiger partial charge in [0.15, 0.2) is 0 Å². The molecule has 4 rings (SSSR count). The Bertz CT molecular complexity index is 1110. The molecule has 1 aliphatic rings. The van der Waals surface area contributed by atoms with E-state index in [2.05, 4.69) is 20.4 Å². The smallest absolute Gasteiger partial charge is 0.338 e. The predicted molar refractivity (Wildman–Crippen MR) is 119 cm³/mol. The van der Waals surface area contributed by atoms with Crippen molar-refractivity contribution in [3.63, 3.8) is 0 Å². The van der Waals surface area contributed by atoms with Gasteiger partial charge >= 0.3 is 5.97 Å². The van der Waals surface area contributed by atoms with E-state index >= 15 is 0 Å². The summed E-state index contributed by atoms with van der Waals surface area (Å²) in [6.07, 6.45) is 1.39. The number of ether oxygens (including phenoxy) is 1. The van der Waals surface area contributed by atoms with Crippen LogP contribution < -0.4 is 5.32 Å². The van der Waals surface area contributed by atoms with Crippen molar-refractivity contribution in [2.24, 2.45) is 5.92 Å². The Labute approximate surface area is 190 Å². The molecule has 3 aromatic rings. The maximum atomic E-state index is 13.1. The van der Waals surface area contributed by atoms with Gasteiger partial charge < -0.3 is 14.6 Å². The molecule has 1 aromatic heterocycles. The van der Waals surface area contributed by atoms with Gasteiger partial charge in [0.2, 0.25) is 17.6 Å².